The molecular weight excluding hydrogens is 246 g/mol. The minimum absolute atomic E-state index is 0.260. The molecule has 114 valence electrons. The Balaban J connectivity index is 2.57. The number of hydrogen-bond donors (Lipinski definition) is 1. The minimum Gasteiger partial charge on any atom is -0.387 e. The van der Waals surface area contributed by atoms with Gasteiger partial charge in [0.2, 0.25) is 0 Å². The average Bonchev–Trinajstić information content (AvgIpc) is 2.26. The highest BCUT2D eigenvalue weighted by Crippen LogP contribution is 2.19. The number of aliphatic hydroxyl groups is 1. The summed E-state index contributed by atoms with van der Waals surface area (Å²) in [6, 6.07) is 8.41. The number of nitrogens with zero attached hydrogens (tertiary/aromatic N) is 1. The number of benzene rings is 1. The van der Waals surface area contributed by atoms with Crippen LogP contribution in [0.1, 0.15) is 51.8 Å². The Kier molecular flexibility index (Phi) is 6.22. The Morgan fingerprint density at radius 1 is 1.10 bits per heavy atom. The van der Waals surface area contributed by atoms with Gasteiger partial charge >= 0.3 is 0 Å². The van der Waals surface area contributed by atoms with E-state index in [1.807, 2.05) is 0 Å². The molecule has 1 N–H and O–H groups in total. The molecule has 0 spiro atoms. The lowest BCUT2D eigenvalue weighted by Crippen LogP contribution is -2.32. The first kappa shape index (κ1) is 17.2. The Bertz CT molecular complexity index is 389. The first-order valence-corrected chi connectivity index (χ1v) is 7.63. The molecule has 0 bridgehead atoms. The number of aliphatic hydroxyl groups excluding tert-OH is 1. The molecule has 0 aromatic heterocycles. The summed E-state index contributed by atoms with van der Waals surface area (Å²) in [5, 5.41) is 10.3. The molecule has 20 heavy (non-hydrogen) atoms. The summed E-state index contributed by atoms with van der Waals surface area (Å²) < 4.78 is 0. The van der Waals surface area contributed by atoms with E-state index < -0.39 is 6.10 Å². The Hall–Kier alpha value is -0.860. The maximum atomic E-state index is 10.3. The van der Waals surface area contributed by atoms with E-state index in [2.05, 4.69) is 70.8 Å². The van der Waals surface area contributed by atoms with Crippen molar-refractivity contribution >= 4 is 0 Å². The van der Waals surface area contributed by atoms with E-state index in [9.17, 15) is 5.11 Å². The van der Waals surface area contributed by atoms with Gasteiger partial charge in [0.25, 0.3) is 0 Å². The van der Waals surface area contributed by atoms with Crippen molar-refractivity contribution in [3.8, 4) is 0 Å². The predicted molar refractivity (Wildman–Crippen MR) is 86.9 cm³/mol. The zero-order valence-electron chi connectivity index (χ0n) is 14.0. The van der Waals surface area contributed by atoms with E-state index >= 15 is 0 Å². The highest BCUT2D eigenvalue weighted by atomic mass is 16.3. The highest BCUT2D eigenvalue weighted by molar-refractivity contribution is 5.24. The van der Waals surface area contributed by atoms with Crippen molar-refractivity contribution in [1.82, 2.24) is 4.90 Å². The van der Waals surface area contributed by atoms with Crippen LogP contribution < -0.4 is 0 Å². The fourth-order valence-electron chi connectivity index (χ4n) is 2.62. The van der Waals surface area contributed by atoms with Gasteiger partial charge in [0, 0.05) is 13.1 Å². The van der Waals surface area contributed by atoms with Crippen LogP contribution in [0.3, 0.4) is 0 Å². The summed E-state index contributed by atoms with van der Waals surface area (Å²) in [4.78, 5) is 2.20. The van der Waals surface area contributed by atoms with Crippen LogP contribution in [0, 0.1) is 11.3 Å². The van der Waals surface area contributed by atoms with Gasteiger partial charge in [0.15, 0.2) is 0 Å². The molecular formula is C18H31NO. The van der Waals surface area contributed by atoms with Crippen molar-refractivity contribution in [2.45, 2.75) is 47.1 Å². The van der Waals surface area contributed by atoms with Gasteiger partial charge in [0.1, 0.15) is 0 Å². The lowest BCUT2D eigenvalue weighted by Gasteiger charge is -2.28. The molecule has 1 atom stereocenters. The molecule has 2 heteroatoms. The summed E-state index contributed by atoms with van der Waals surface area (Å²) in [5.74, 6) is 0.670. The molecule has 1 unspecified atom stereocenters. The second-order valence-electron chi connectivity index (χ2n) is 7.61. The maximum Gasteiger partial charge on any atom is 0.0916 e. The van der Waals surface area contributed by atoms with Crippen LogP contribution in [0.25, 0.3) is 0 Å². The van der Waals surface area contributed by atoms with Gasteiger partial charge in [0.05, 0.1) is 6.10 Å². The summed E-state index contributed by atoms with van der Waals surface area (Å²) in [5.41, 5.74) is 2.62. The van der Waals surface area contributed by atoms with E-state index in [0.29, 0.717) is 12.5 Å². The molecule has 0 saturated carbocycles. The van der Waals surface area contributed by atoms with E-state index in [-0.39, 0.29) is 5.41 Å². The van der Waals surface area contributed by atoms with Crippen molar-refractivity contribution < 1.29 is 5.11 Å². The third kappa shape index (κ3) is 6.53. The fraction of sp³-hybridized carbons (Fsp3) is 0.667. The van der Waals surface area contributed by atoms with Crippen molar-refractivity contribution in [3.05, 3.63) is 35.4 Å². The summed E-state index contributed by atoms with van der Waals surface area (Å²) in [7, 11) is 2.07. The van der Waals surface area contributed by atoms with Crippen molar-refractivity contribution in [2.24, 2.45) is 11.3 Å². The van der Waals surface area contributed by atoms with Gasteiger partial charge in [-0.05, 0) is 35.9 Å². The first-order valence-electron chi connectivity index (χ1n) is 7.63. The van der Waals surface area contributed by atoms with Crippen molar-refractivity contribution in [1.29, 1.82) is 0 Å². The molecule has 1 aromatic carbocycles. The third-order valence-electron chi connectivity index (χ3n) is 3.24. The Labute approximate surface area is 124 Å². The quantitative estimate of drug-likeness (QED) is 0.852. The minimum atomic E-state index is -0.407. The molecule has 0 radical (unpaired) electrons. The van der Waals surface area contributed by atoms with Gasteiger partial charge in [-0.25, -0.2) is 0 Å². The van der Waals surface area contributed by atoms with Crippen molar-refractivity contribution in [3.63, 3.8) is 0 Å². The highest BCUT2D eigenvalue weighted by Gasteiger charge is 2.16. The van der Waals surface area contributed by atoms with Crippen LogP contribution in [0.15, 0.2) is 24.3 Å². The smallest absolute Gasteiger partial charge is 0.0916 e. The normalized spacial score (nSPS) is 14.1. The van der Waals surface area contributed by atoms with Gasteiger partial charge in [-0.3, -0.25) is 0 Å². The molecule has 2 nitrogen and oxygen atoms in total. The molecule has 0 aliphatic heterocycles. The van der Waals surface area contributed by atoms with Crippen LogP contribution in [0.4, 0.5) is 0 Å². The van der Waals surface area contributed by atoms with Crippen LogP contribution in [0.2, 0.25) is 0 Å². The number of hydrogen-bond acceptors (Lipinski definition) is 2. The lowest BCUT2D eigenvalue weighted by atomic mass is 9.96. The van der Waals surface area contributed by atoms with Crippen LogP contribution >= 0.6 is 0 Å². The van der Waals surface area contributed by atoms with Gasteiger partial charge in [-0.15, -0.1) is 0 Å². The monoisotopic (exact) mass is 277 g/mol. The number of rotatable bonds is 6. The summed E-state index contributed by atoms with van der Waals surface area (Å²) >= 11 is 0. The standard InChI is InChI=1S/C18H31NO/c1-14(2)11-15-7-9-16(10-8-15)17(20)12-19(6)13-18(3,4)5/h7-10,14,17,20H,11-13H2,1-6H3. The van der Waals surface area contributed by atoms with Crippen LogP contribution in [-0.4, -0.2) is 30.1 Å². The van der Waals surface area contributed by atoms with Gasteiger partial charge < -0.3 is 10.0 Å². The average molecular weight is 277 g/mol. The zero-order valence-corrected chi connectivity index (χ0v) is 14.0. The molecule has 0 amide bonds. The molecule has 0 fully saturated rings. The molecule has 0 heterocycles. The van der Waals surface area contributed by atoms with E-state index in [1.165, 1.54) is 5.56 Å². The Morgan fingerprint density at radius 3 is 2.10 bits per heavy atom. The molecule has 1 aromatic rings. The van der Waals surface area contributed by atoms with E-state index in [1.54, 1.807) is 0 Å². The second-order valence-corrected chi connectivity index (χ2v) is 7.61. The number of likely N-dealkylation sites (N-methyl/N-ethyl adjacent to an activating group) is 1. The molecule has 0 saturated heterocycles. The molecule has 0 aliphatic carbocycles. The first-order chi connectivity index (χ1) is 9.17. The zero-order chi connectivity index (χ0) is 15.3. The van der Waals surface area contributed by atoms with Crippen LogP contribution in [0.5, 0.6) is 0 Å². The van der Waals surface area contributed by atoms with Gasteiger partial charge in [-0.2, -0.15) is 0 Å². The molecule has 1 rings (SSSR count). The SMILES string of the molecule is CC(C)Cc1ccc(C(O)CN(C)CC(C)(C)C)cc1. The fourth-order valence-corrected chi connectivity index (χ4v) is 2.62. The summed E-state index contributed by atoms with van der Waals surface area (Å²) in [6.07, 6.45) is 0.691. The van der Waals surface area contributed by atoms with E-state index in [4.69, 9.17) is 0 Å². The topological polar surface area (TPSA) is 23.5 Å². The maximum absolute atomic E-state index is 10.3. The van der Waals surface area contributed by atoms with E-state index in [0.717, 1.165) is 18.5 Å². The predicted octanol–water partition coefficient (Wildman–Crippen LogP) is 3.90. The Morgan fingerprint density at radius 2 is 1.65 bits per heavy atom. The molecule has 0 aliphatic rings. The lowest BCUT2D eigenvalue weighted by molar-refractivity contribution is 0.108. The van der Waals surface area contributed by atoms with Crippen molar-refractivity contribution in [2.75, 3.05) is 20.1 Å². The van der Waals surface area contributed by atoms with Crippen LogP contribution in [-0.2, 0) is 6.42 Å². The third-order valence-corrected chi connectivity index (χ3v) is 3.24. The second kappa shape index (κ2) is 7.24. The van der Waals surface area contributed by atoms with Gasteiger partial charge in [-0.1, -0.05) is 58.9 Å². The summed E-state index contributed by atoms with van der Waals surface area (Å²) in [6.45, 7) is 12.8. The largest absolute Gasteiger partial charge is 0.387 e.